The summed E-state index contributed by atoms with van der Waals surface area (Å²) in [6.45, 7) is 8.20. The minimum Gasteiger partial charge on any atom is -0.360 e. The van der Waals surface area contributed by atoms with Gasteiger partial charge in [0.2, 0.25) is 0 Å². The van der Waals surface area contributed by atoms with Crippen molar-refractivity contribution in [3.63, 3.8) is 0 Å². The van der Waals surface area contributed by atoms with Crippen molar-refractivity contribution < 1.29 is 4.90 Å². The lowest BCUT2D eigenvalue weighted by Crippen LogP contribution is -3.14. The Bertz CT molecular complexity index is 659. The zero-order valence-electron chi connectivity index (χ0n) is 13.5. The highest BCUT2D eigenvalue weighted by Crippen LogP contribution is 2.20. The van der Waals surface area contributed by atoms with Gasteiger partial charge in [0.15, 0.2) is 0 Å². The SMILES string of the molecule is CC[NH+]1CCN(c2ccc(N=Cc3ccccc3Cl)cc2)CC1. The van der Waals surface area contributed by atoms with Gasteiger partial charge in [-0.05, 0) is 37.3 Å². The average Bonchev–Trinajstić information content (AvgIpc) is 2.62. The Hall–Kier alpha value is -1.84. The van der Waals surface area contributed by atoms with Crippen molar-refractivity contribution >= 4 is 29.2 Å². The number of likely N-dealkylation sites (N-methyl/N-ethyl adjacent to an activating group) is 1. The van der Waals surface area contributed by atoms with Gasteiger partial charge in [-0.2, -0.15) is 0 Å². The summed E-state index contributed by atoms with van der Waals surface area (Å²) >= 11 is 6.14. The number of hydrogen-bond acceptors (Lipinski definition) is 2. The highest BCUT2D eigenvalue weighted by molar-refractivity contribution is 6.33. The van der Waals surface area contributed by atoms with E-state index in [9.17, 15) is 0 Å². The van der Waals surface area contributed by atoms with E-state index in [-0.39, 0.29) is 0 Å². The van der Waals surface area contributed by atoms with E-state index < -0.39 is 0 Å². The number of hydrogen-bond donors (Lipinski definition) is 1. The van der Waals surface area contributed by atoms with Crippen molar-refractivity contribution in [2.24, 2.45) is 4.99 Å². The van der Waals surface area contributed by atoms with Gasteiger partial charge in [0.05, 0.1) is 38.4 Å². The van der Waals surface area contributed by atoms with Gasteiger partial charge in [0.25, 0.3) is 0 Å². The summed E-state index contributed by atoms with van der Waals surface area (Å²) in [5.41, 5.74) is 3.18. The van der Waals surface area contributed by atoms with Gasteiger partial charge in [-0.15, -0.1) is 0 Å². The quantitative estimate of drug-likeness (QED) is 0.856. The lowest BCUT2D eigenvalue weighted by molar-refractivity contribution is -0.898. The Morgan fingerprint density at radius 3 is 2.43 bits per heavy atom. The first kappa shape index (κ1) is 16.0. The number of anilines is 1. The first-order valence-corrected chi connectivity index (χ1v) is 8.61. The molecule has 2 aromatic rings. The highest BCUT2D eigenvalue weighted by atomic mass is 35.5. The average molecular weight is 329 g/mol. The van der Waals surface area contributed by atoms with Gasteiger partial charge in [0.1, 0.15) is 0 Å². The smallest absolute Gasteiger partial charge is 0.0949 e. The van der Waals surface area contributed by atoms with Crippen LogP contribution < -0.4 is 9.80 Å². The van der Waals surface area contributed by atoms with Gasteiger partial charge in [-0.25, -0.2) is 0 Å². The third-order valence-electron chi connectivity index (χ3n) is 4.44. The summed E-state index contributed by atoms with van der Waals surface area (Å²) in [5.74, 6) is 0. The molecule has 0 bridgehead atoms. The summed E-state index contributed by atoms with van der Waals surface area (Å²) in [7, 11) is 0. The number of benzene rings is 2. The number of piperazine rings is 1. The van der Waals surface area contributed by atoms with Crippen LogP contribution in [0.4, 0.5) is 11.4 Å². The Morgan fingerprint density at radius 2 is 1.78 bits per heavy atom. The summed E-state index contributed by atoms with van der Waals surface area (Å²) in [6.07, 6.45) is 1.82. The van der Waals surface area contributed by atoms with Crippen molar-refractivity contribution in [2.75, 3.05) is 37.6 Å². The van der Waals surface area contributed by atoms with Crippen LogP contribution in [0.15, 0.2) is 53.5 Å². The molecule has 0 amide bonds. The molecule has 2 aromatic carbocycles. The second-order valence-electron chi connectivity index (χ2n) is 5.89. The molecule has 1 aliphatic heterocycles. The lowest BCUT2D eigenvalue weighted by atomic mass is 10.2. The first-order valence-electron chi connectivity index (χ1n) is 8.23. The van der Waals surface area contributed by atoms with Gasteiger partial charge < -0.3 is 9.80 Å². The molecule has 0 aliphatic carbocycles. The standard InChI is InChI=1S/C19H22ClN3/c1-2-22-11-13-23(14-12-22)18-9-7-17(8-10-18)21-15-16-5-3-4-6-19(16)20/h3-10,15H,2,11-14H2,1H3/p+1. The molecule has 3 rings (SSSR count). The van der Waals surface area contributed by atoms with Crippen molar-refractivity contribution in [3.05, 3.63) is 59.1 Å². The van der Waals surface area contributed by atoms with Crippen molar-refractivity contribution in [1.82, 2.24) is 0 Å². The maximum absolute atomic E-state index is 6.14. The van der Waals surface area contributed by atoms with Crippen LogP contribution in [0.2, 0.25) is 5.02 Å². The Kier molecular flexibility index (Phi) is 5.31. The molecule has 0 radical (unpaired) electrons. The van der Waals surface area contributed by atoms with Gasteiger partial charge in [0, 0.05) is 22.5 Å². The third kappa shape index (κ3) is 4.12. The maximum atomic E-state index is 6.14. The van der Waals surface area contributed by atoms with E-state index in [1.165, 1.54) is 25.3 Å². The Morgan fingerprint density at radius 1 is 1.09 bits per heavy atom. The van der Waals surface area contributed by atoms with E-state index in [4.69, 9.17) is 11.6 Å². The summed E-state index contributed by atoms with van der Waals surface area (Å²) in [5, 5.41) is 0.726. The molecule has 1 aliphatic rings. The minimum absolute atomic E-state index is 0.726. The molecule has 1 N–H and O–H groups in total. The monoisotopic (exact) mass is 328 g/mol. The van der Waals surface area contributed by atoms with Crippen molar-refractivity contribution in [3.8, 4) is 0 Å². The van der Waals surface area contributed by atoms with Crippen molar-refractivity contribution in [2.45, 2.75) is 6.92 Å². The molecule has 0 aromatic heterocycles. The number of rotatable bonds is 4. The molecule has 3 nitrogen and oxygen atoms in total. The van der Waals surface area contributed by atoms with E-state index in [1.54, 1.807) is 4.90 Å². The van der Waals surface area contributed by atoms with Gasteiger partial charge in [-0.1, -0.05) is 29.8 Å². The normalized spacial score (nSPS) is 16.2. The Balaban J connectivity index is 1.65. The predicted octanol–water partition coefficient (Wildman–Crippen LogP) is 2.82. The van der Waals surface area contributed by atoms with Gasteiger partial charge in [-0.3, -0.25) is 4.99 Å². The third-order valence-corrected chi connectivity index (χ3v) is 4.79. The molecule has 0 atom stereocenters. The van der Waals surface area contributed by atoms with E-state index in [0.29, 0.717) is 0 Å². The van der Waals surface area contributed by atoms with Crippen LogP contribution in [0.3, 0.4) is 0 Å². The molecule has 120 valence electrons. The number of halogens is 1. The number of aliphatic imine (C=N–C) groups is 1. The van der Waals surface area contributed by atoms with Crippen LogP contribution in [0.1, 0.15) is 12.5 Å². The van der Waals surface area contributed by atoms with E-state index in [0.717, 1.165) is 29.4 Å². The number of nitrogens with zero attached hydrogens (tertiary/aromatic N) is 2. The van der Waals surface area contributed by atoms with Gasteiger partial charge >= 0.3 is 0 Å². The fourth-order valence-electron chi connectivity index (χ4n) is 2.91. The largest absolute Gasteiger partial charge is 0.360 e. The van der Waals surface area contributed by atoms with E-state index in [2.05, 4.69) is 41.1 Å². The Labute approximate surface area is 143 Å². The van der Waals surface area contributed by atoms with Crippen LogP contribution >= 0.6 is 11.6 Å². The number of quaternary nitrogens is 1. The summed E-state index contributed by atoms with van der Waals surface area (Å²) in [4.78, 5) is 8.67. The molecule has 0 unspecified atom stereocenters. The molecule has 1 fully saturated rings. The second-order valence-corrected chi connectivity index (χ2v) is 6.29. The van der Waals surface area contributed by atoms with E-state index in [1.807, 2.05) is 30.5 Å². The van der Waals surface area contributed by atoms with Crippen LogP contribution in [-0.4, -0.2) is 38.9 Å². The second kappa shape index (κ2) is 7.62. The zero-order valence-corrected chi connectivity index (χ0v) is 14.3. The van der Waals surface area contributed by atoms with Crippen molar-refractivity contribution in [1.29, 1.82) is 0 Å². The minimum atomic E-state index is 0.726. The lowest BCUT2D eigenvalue weighted by Gasteiger charge is -2.33. The molecule has 0 spiro atoms. The topological polar surface area (TPSA) is 20.0 Å². The van der Waals surface area contributed by atoms with E-state index >= 15 is 0 Å². The maximum Gasteiger partial charge on any atom is 0.0949 e. The molecular weight excluding hydrogens is 306 g/mol. The summed E-state index contributed by atoms with van der Waals surface area (Å²) in [6, 6.07) is 16.2. The predicted molar refractivity (Wildman–Crippen MR) is 98.6 cm³/mol. The molecule has 0 saturated carbocycles. The molecule has 1 heterocycles. The fourth-order valence-corrected chi connectivity index (χ4v) is 3.09. The fraction of sp³-hybridized carbons (Fsp3) is 0.316. The van der Waals surface area contributed by atoms with Crippen LogP contribution in [0.5, 0.6) is 0 Å². The van der Waals surface area contributed by atoms with Crippen LogP contribution in [0, 0.1) is 0 Å². The summed E-state index contributed by atoms with van der Waals surface area (Å²) < 4.78 is 0. The molecule has 1 saturated heterocycles. The molecular formula is C19H23ClN3+. The highest BCUT2D eigenvalue weighted by Gasteiger charge is 2.18. The zero-order chi connectivity index (χ0) is 16.1. The first-order chi connectivity index (χ1) is 11.3. The molecule has 4 heteroatoms. The molecule has 23 heavy (non-hydrogen) atoms. The number of nitrogens with one attached hydrogen (secondary N) is 1. The van der Waals surface area contributed by atoms with Crippen LogP contribution in [-0.2, 0) is 0 Å². The van der Waals surface area contributed by atoms with Crippen LogP contribution in [0.25, 0.3) is 0 Å².